The van der Waals surface area contributed by atoms with Crippen LogP contribution in [0.1, 0.15) is 5.69 Å². The highest BCUT2D eigenvalue weighted by Crippen LogP contribution is 2.40. The standard InChI is InChI=1S/C22H19N7O6S2/c1-34-27-14(13-10-37-22(23)25-13)17(30)26-15-19(31)29-16(21(32)33)12(9-36-20(15)29)8-28-5-2-11(3-6-28)18-24-4-7-35-18/h2-7,10,15,20H,8-9H2,1H3,(H3-,23,25,26,30,32,33)/t15-,20-/m1/s1. The monoisotopic (exact) mass is 541 g/mol. The van der Waals surface area contributed by atoms with Crippen molar-refractivity contribution in [3.63, 3.8) is 0 Å². The number of oxazole rings is 1. The Morgan fingerprint density at radius 1 is 1.41 bits per heavy atom. The van der Waals surface area contributed by atoms with Crippen molar-refractivity contribution in [2.75, 3.05) is 18.6 Å². The molecule has 0 radical (unpaired) electrons. The molecule has 13 nitrogen and oxygen atoms in total. The fourth-order valence-electron chi connectivity index (χ4n) is 3.99. The molecular formula is C22H19N7O6S2. The largest absolute Gasteiger partial charge is 0.543 e. The summed E-state index contributed by atoms with van der Waals surface area (Å²) in [5.74, 6) is -1.94. The maximum absolute atomic E-state index is 13.0. The van der Waals surface area contributed by atoms with Crippen LogP contribution in [0, 0.1) is 0 Å². The second kappa shape index (κ2) is 10.0. The van der Waals surface area contributed by atoms with E-state index in [1.165, 1.54) is 30.5 Å². The third kappa shape index (κ3) is 4.65. The Hall–Kier alpha value is -4.24. The summed E-state index contributed by atoms with van der Waals surface area (Å²) in [4.78, 5) is 51.9. The molecule has 15 heteroatoms. The van der Waals surface area contributed by atoms with Crippen LogP contribution in [0.5, 0.6) is 0 Å². The van der Waals surface area contributed by atoms with Gasteiger partial charge in [-0.1, -0.05) is 5.16 Å². The summed E-state index contributed by atoms with van der Waals surface area (Å²) in [6, 6.07) is 2.62. The molecule has 37 heavy (non-hydrogen) atoms. The van der Waals surface area contributed by atoms with E-state index in [0.29, 0.717) is 17.2 Å². The number of rotatable bonds is 8. The lowest BCUT2D eigenvalue weighted by Gasteiger charge is -2.50. The van der Waals surface area contributed by atoms with Gasteiger partial charge in [-0.25, -0.2) is 14.5 Å². The van der Waals surface area contributed by atoms with Gasteiger partial charge in [-0.15, -0.1) is 23.1 Å². The first-order chi connectivity index (χ1) is 17.9. The normalized spacial score (nSPS) is 19.3. The molecule has 0 spiro atoms. The predicted octanol–water partition coefficient (Wildman–Crippen LogP) is -0.878. The Balaban J connectivity index is 1.32. The van der Waals surface area contributed by atoms with E-state index < -0.39 is 29.2 Å². The highest BCUT2D eigenvalue weighted by atomic mass is 32.2. The van der Waals surface area contributed by atoms with E-state index in [1.807, 2.05) is 0 Å². The van der Waals surface area contributed by atoms with E-state index in [-0.39, 0.29) is 28.8 Å². The maximum Gasteiger partial charge on any atom is 0.276 e. The third-order valence-corrected chi connectivity index (χ3v) is 7.65. The van der Waals surface area contributed by atoms with Gasteiger partial charge in [0.15, 0.2) is 29.8 Å². The Bertz CT molecular complexity index is 1420. The summed E-state index contributed by atoms with van der Waals surface area (Å²) < 4.78 is 7.06. The van der Waals surface area contributed by atoms with Crippen LogP contribution in [0.3, 0.4) is 0 Å². The van der Waals surface area contributed by atoms with E-state index in [9.17, 15) is 19.5 Å². The van der Waals surface area contributed by atoms with Crippen LogP contribution < -0.4 is 20.7 Å². The van der Waals surface area contributed by atoms with Crippen LogP contribution in [0.4, 0.5) is 5.13 Å². The zero-order chi connectivity index (χ0) is 26.1. The number of fused-ring (bicyclic) bond motifs is 1. The van der Waals surface area contributed by atoms with Crippen LogP contribution in [0.25, 0.3) is 11.5 Å². The first kappa shape index (κ1) is 24.5. The number of nitrogen functional groups attached to an aromatic ring is 1. The third-order valence-electron chi connectivity index (χ3n) is 5.63. The van der Waals surface area contributed by atoms with E-state index in [2.05, 4.69) is 20.4 Å². The number of pyridine rings is 1. The van der Waals surface area contributed by atoms with Crippen LogP contribution in [-0.2, 0) is 25.8 Å². The van der Waals surface area contributed by atoms with E-state index in [4.69, 9.17) is 15.0 Å². The molecule has 0 saturated carbocycles. The molecule has 3 N–H and O–H groups in total. The lowest BCUT2D eigenvalue weighted by atomic mass is 10.0. The van der Waals surface area contributed by atoms with Crippen LogP contribution in [0.15, 0.2) is 63.2 Å². The highest BCUT2D eigenvalue weighted by Gasteiger charge is 2.53. The molecule has 3 aromatic heterocycles. The number of aliphatic carboxylic acids is 1. The number of β-lactam (4-membered cyclic amide) rings is 1. The van der Waals surface area contributed by atoms with Gasteiger partial charge in [0.2, 0.25) is 5.89 Å². The number of carbonyl (C=O) groups is 3. The molecule has 0 bridgehead atoms. The molecule has 0 aliphatic carbocycles. The number of carboxylic acid groups (broad SMARTS) is 1. The smallest absolute Gasteiger partial charge is 0.276 e. The fourth-order valence-corrected chi connectivity index (χ4v) is 5.87. The summed E-state index contributed by atoms with van der Waals surface area (Å²) in [6.07, 6.45) is 6.55. The Morgan fingerprint density at radius 3 is 2.81 bits per heavy atom. The van der Waals surface area contributed by atoms with Crippen molar-refractivity contribution in [3.8, 4) is 11.5 Å². The van der Waals surface area contributed by atoms with Crippen molar-refractivity contribution in [2.24, 2.45) is 5.16 Å². The summed E-state index contributed by atoms with van der Waals surface area (Å²) in [5.41, 5.74) is 6.77. The molecule has 2 aliphatic rings. The molecule has 1 fully saturated rings. The second-order valence-corrected chi connectivity index (χ2v) is 9.89. The first-order valence-electron chi connectivity index (χ1n) is 10.8. The number of thiazole rings is 1. The van der Waals surface area contributed by atoms with E-state index in [1.54, 1.807) is 35.3 Å². The molecule has 2 aliphatic heterocycles. The Labute approximate surface area is 217 Å². The minimum absolute atomic E-state index is 0.150. The highest BCUT2D eigenvalue weighted by molar-refractivity contribution is 8.00. The molecule has 0 unspecified atom stereocenters. The number of nitrogens with one attached hydrogen (secondary N) is 1. The number of carbonyl (C=O) groups excluding carboxylic acids is 3. The zero-order valence-corrected chi connectivity index (χ0v) is 20.8. The van der Waals surface area contributed by atoms with Gasteiger partial charge in [-0.05, 0) is 0 Å². The van der Waals surface area contributed by atoms with Crippen molar-refractivity contribution < 1.29 is 33.3 Å². The minimum atomic E-state index is -1.46. The molecule has 2 amide bonds. The predicted molar refractivity (Wildman–Crippen MR) is 129 cm³/mol. The van der Waals surface area contributed by atoms with E-state index >= 15 is 0 Å². The molecule has 2 atom stereocenters. The number of anilines is 1. The van der Waals surface area contributed by atoms with Crippen LogP contribution >= 0.6 is 23.1 Å². The fraction of sp³-hybridized carbons (Fsp3) is 0.227. The van der Waals surface area contributed by atoms with Gasteiger partial charge in [0.25, 0.3) is 11.8 Å². The van der Waals surface area contributed by atoms with Crippen molar-refractivity contribution in [1.82, 2.24) is 20.2 Å². The Morgan fingerprint density at radius 2 is 2.19 bits per heavy atom. The van der Waals surface area contributed by atoms with E-state index in [0.717, 1.165) is 21.8 Å². The van der Waals surface area contributed by atoms with Crippen molar-refractivity contribution >= 4 is 51.7 Å². The van der Waals surface area contributed by atoms with Gasteiger partial charge in [0, 0.05) is 34.4 Å². The molecular weight excluding hydrogens is 522 g/mol. The van der Waals surface area contributed by atoms with Gasteiger partial charge in [0.1, 0.15) is 30.5 Å². The number of amides is 2. The molecule has 190 valence electrons. The number of thioether (sulfide) groups is 1. The number of aromatic nitrogens is 3. The van der Waals surface area contributed by atoms with Crippen LogP contribution in [-0.4, -0.2) is 62.6 Å². The molecule has 1 saturated heterocycles. The minimum Gasteiger partial charge on any atom is -0.543 e. The molecule has 0 aromatic carbocycles. The van der Waals surface area contributed by atoms with Gasteiger partial charge in [-0.3, -0.25) is 14.5 Å². The topological polar surface area (TPSA) is 180 Å². The summed E-state index contributed by atoms with van der Waals surface area (Å²) >= 11 is 2.46. The number of carboxylic acids is 1. The quantitative estimate of drug-likeness (QED) is 0.157. The number of oxime groups is 1. The Kier molecular flexibility index (Phi) is 6.62. The summed E-state index contributed by atoms with van der Waals surface area (Å²) in [7, 11) is 1.27. The van der Waals surface area contributed by atoms with Gasteiger partial charge in [-0.2, -0.15) is 0 Å². The lowest BCUT2D eigenvalue weighted by molar-refractivity contribution is -0.689. The van der Waals surface area contributed by atoms with Crippen LogP contribution in [0.2, 0.25) is 0 Å². The number of nitrogens with two attached hydrogens (primary N) is 1. The average Bonchev–Trinajstić information content (AvgIpc) is 3.58. The molecule has 3 aromatic rings. The summed E-state index contributed by atoms with van der Waals surface area (Å²) in [6.45, 7) is 0.228. The maximum atomic E-state index is 13.0. The molecule has 5 heterocycles. The second-order valence-electron chi connectivity index (χ2n) is 7.89. The average molecular weight is 542 g/mol. The van der Waals surface area contributed by atoms with Gasteiger partial charge < -0.3 is 30.2 Å². The number of hydrogen-bond donors (Lipinski definition) is 2. The van der Waals surface area contributed by atoms with Crippen molar-refractivity contribution in [2.45, 2.75) is 18.0 Å². The molecule has 5 rings (SSSR count). The van der Waals surface area contributed by atoms with Crippen molar-refractivity contribution in [3.05, 3.63) is 59.3 Å². The van der Waals surface area contributed by atoms with Gasteiger partial charge >= 0.3 is 0 Å². The first-order valence-corrected chi connectivity index (χ1v) is 12.7. The summed E-state index contributed by atoms with van der Waals surface area (Å²) in [5, 5.41) is 19.5. The van der Waals surface area contributed by atoms with Gasteiger partial charge in [0.05, 0.1) is 17.9 Å². The zero-order valence-electron chi connectivity index (χ0n) is 19.2. The van der Waals surface area contributed by atoms with Crippen molar-refractivity contribution in [1.29, 1.82) is 0 Å². The number of nitrogens with zero attached hydrogens (tertiary/aromatic N) is 5. The lowest BCUT2D eigenvalue weighted by Crippen LogP contribution is -2.71. The number of hydrogen-bond acceptors (Lipinski definition) is 12. The SMILES string of the molecule is CON=C(C(=O)N[C@@H]1C(=O)N2C(C(=O)[O-])=C(C[n+]3ccc(-c4ncco4)cc3)CS[C@H]12)c1csc(N)n1.